The van der Waals surface area contributed by atoms with Crippen molar-refractivity contribution in [3.05, 3.63) is 46.5 Å². The molecule has 0 aliphatic heterocycles. The molecule has 3 nitrogen and oxygen atoms in total. The van der Waals surface area contributed by atoms with Crippen molar-refractivity contribution in [1.82, 2.24) is 5.32 Å². The number of rotatable bonds is 6. The molecular weight excluding hydrogens is 238 g/mol. The third-order valence-corrected chi connectivity index (χ3v) is 2.78. The van der Waals surface area contributed by atoms with Crippen molar-refractivity contribution in [2.75, 3.05) is 13.1 Å². The monoisotopic (exact) mass is 253 g/mol. The van der Waals surface area contributed by atoms with Gasteiger partial charge in [0.15, 0.2) is 0 Å². The minimum absolute atomic E-state index is 0.374. The standard InChI is InChI=1S/C13H16ClNO2/c1-10(8-14)9-15-7-6-11-4-2-3-5-12(11)13(16)17/h2-5,8,15H,6-7,9H2,1H3,(H,16,17)/b10-8-. The molecule has 0 aliphatic rings. The van der Waals surface area contributed by atoms with E-state index in [0.29, 0.717) is 12.0 Å². The van der Waals surface area contributed by atoms with Gasteiger partial charge in [0.2, 0.25) is 0 Å². The summed E-state index contributed by atoms with van der Waals surface area (Å²) in [5, 5.41) is 12.2. The maximum Gasteiger partial charge on any atom is 0.335 e. The molecule has 0 spiro atoms. The van der Waals surface area contributed by atoms with E-state index in [1.807, 2.05) is 19.1 Å². The first-order valence-electron chi connectivity index (χ1n) is 5.43. The summed E-state index contributed by atoms with van der Waals surface area (Å²) < 4.78 is 0. The number of carboxylic acid groups (broad SMARTS) is 1. The SMILES string of the molecule is C/C(=C/Cl)CNCCc1ccccc1C(=O)O. The van der Waals surface area contributed by atoms with Gasteiger partial charge in [0.05, 0.1) is 5.56 Å². The second-order valence-corrected chi connectivity index (χ2v) is 4.06. The van der Waals surface area contributed by atoms with E-state index in [1.54, 1.807) is 12.1 Å². The van der Waals surface area contributed by atoms with Crippen molar-refractivity contribution in [3.8, 4) is 0 Å². The Hall–Kier alpha value is -1.32. The highest BCUT2D eigenvalue weighted by Gasteiger charge is 2.07. The summed E-state index contributed by atoms with van der Waals surface area (Å²) in [6.07, 6.45) is 0.692. The van der Waals surface area contributed by atoms with Gasteiger partial charge in [-0.1, -0.05) is 29.8 Å². The highest BCUT2D eigenvalue weighted by atomic mass is 35.5. The molecule has 0 unspecified atom stereocenters. The number of carbonyl (C=O) groups is 1. The van der Waals surface area contributed by atoms with Crippen LogP contribution >= 0.6 is 11.6 Å². The lowest BCUT2D eigenvalue weighted by atomic mass is 10.0. The molecule has 1 rings (SSSR count). The van der Waals surface area contributed by atoms with Crippen LogP contribution in [-0.2, 0) is 6.42 Å². The van der Waals surface area contributed by atoms with Gasteiger partial charge in [-0.3, -0.25) is 0 Å². The average molecular weight is 254 g/mol. The molecule has 1 aromatic rings. The van der Waals surface area contributed by atoms with E-state index in [2.05, 4.69) is 5.32 Å². The number of hydrogen-bond acceptors (Lipinski definition) is 2. The van der Waals surface area contributed by atoms with Crippen LogP contribution in [0.4, 0.5) is 0 Å². The van der Waals surface area contributed by atoms with Crippen molar-refractivity contribution in [3.63, 3.8) is 0 Å². The minimum atomic E-state index is -0.877. The van der Waals surface area contributed by atoms with E-state index in [4.69, 9.17) is 16.7 Å². The molecular formula is C13H16ClNO2. The number of aromatic carboxylic acids is 1. The summed E-state index contributed by atoms with van der Waals surface area (Å²) in [5.41, 5.74) is 3.81. The first-order chi connectivity index (χ1) is 8.15. The van der Waals surface area contributed by atoms with Gasteiger partial charge in [-0.25, -0.2) is 4.79 Å². The van der Waals surface area contributed by atoms with Gasteiger partial charge < -0.3 is 10.4 Å². The van der Waals surface area contributed by atoms with Crippen molar-refractivity contribution in [2.45, 2.75) is 13.3 Å². The predicted molar refractivity (Wildman–Crippen MR) is 69.6 cm³/mol. The molecule has 0 amide bonds. The van der Waals surface area contributed by atoms with Crippen molar-refractivity contribution >= 4 is 17.6 Å². The second kappa shape index (κ2) is 7.09. The van der Waals surface area contributed by atoms with Gasteiger partial charge in [-0.2, -0.15) is 0 Å². The maximum absolute atomic E-state index is 11.0. The summed E-state index contributed by atoms with van der Waals surface area (Å²) in [5.74, 6) is -0.877. The van der Waals surface area contributed by atoms with Crippen LogP contribution in [0.5, 0.6) is 0 Å². The Morgan fingerprint density at radius 2 is 2.18 bits per heavy atom. The van der Waals surface area contributed by atoms with Crippen LogP contribution in [0.2, 0.25) is 0 Å². The summed E-state index contributed by atoms with van der Waals surface area (Å²) in [6, 6.07) is 7.06. The number of halogens is 1. The molecule has 4 heteroatoms. The zero-order valence-corrected chi connectivity index (χ0v) is 10.5. The van der Waals surface area contributed by atoms with E-state index in [0.717, 1.165) is 24.2 Å². The summed E-state index contributed by atoms with van der Waals surface area (Å²) in [6.45, 7) is 3.39. The lowest BCUT2D eigenvalue weighted by Crippen LogP contribution is -2.20. The molecule has 0 aromatic heterocycles. The Kier molecular flexibility index (Phi) is 5.73. The first-order valence-corrected chi connectivity index (χ1v) is 5.86. The molecule has 0 fully saturated rings. The molecule has 0 atom stereocenters. The van der Waals surface area contributed by atoms with Crippen molar-refractivity contribution < 1.29 is 9.90 Å². The summed E-state index contributed by atoms with van der Waals surface area (Å²) in [4.78, 5) is 11.0. The highest BCUT2D eigenvalue weighted by molar-refractivity contribution is 6.25. The molecule has 0 saturated carbocycles. The Bertz CT molecular complexity index is 416. The fraction of sp³-hybridized carbons (Fsp3) is 0.308. The molecule has 0 bridgehead atoms. The number of nitrogens with one attached hydrogen (secondary N) is 1. The van der Waals surface area contributed by atoms with Gasteiger partial charge in [-0.15, -0.1) is 0 Å². The van der Waals surface area contributed by atoms with Crippen LogP contribution in [0, 0.1) is 0 Å². The quantitative estimate of drug-likeness (QED) is 0.767. The predicted octanol–water partition coefficient (Wildman–Crippen LogP) is 2.66. The number of hydrogen-bond donors (Lipinski definition) is 2. The van der Waals surface area contributed by atoms with E-state index >= 15 is 0 Å². The number of carboxylic acids is 1. The maximum atomic E-state index is 11.0. The second-order valence-electron chi connectivity index (χ2n) is 3.84. The van der Waals surface area contributed by atoms with E-state index in [9.17, 15) is 4.79 Å². The molecule has 17 heavy (non-hydrogen) atoms. The van der Waals surface area contributed by atoms with Gasteiger partial charge in [-0.05, 0) is 37.1 Å². The van der Waals surface area contributed by atoms with E-state index in [-0.39, 0.29) is 0 Å². The minimum Gasteiger partial charge on any atom is -0.478 e. The smallest absolute Gasteiger partial charge is 0.335 e. The number of benzene rings is 1. The van der Waals surface area contributed by atoms with E-state index in [1.165, 1.54) is 5.54 Å². The largest absolute Gasteiger partial charge is 0.478 e. The lowest BCUT2D eigenvalue weighted by molar-refractivity contribution is 0.0695. The Labute approximate surface area is 106 Å². The molecule has 0 saturated heterocycles. The topological polar surface area (TPSA) is 49.3 Å². The molecule has 0 radical (unpaired) electrons. The lowest BCUT2D eigenvalue weighted by Gasteiger charge is -2.07. The molecule has 92 valence electrons. The van der Waals surface area contributed by atoms with Crippen LogP contribution in [0.15, 0.2) is 35.4 Å². The van der Waals surface area contributed by atoms with Crippen LogP contribution in [-0.4, -0.2) is 24.2 Å². The molecule has 2 N–H and O–H groups in total. The Morgan fingerprint density at radius 1 is 1.47 bits per heavy atom. The normalized spacial score (nSPS) is 11.5. The van der Waals surface area contributed by atoms with Gasteiger partial charge in [0, 0.05) is 12.1 Å². The Balaban J connectivity index is 2.49. The van der Waals surface area contributed by atoms with Gasteiger partial charge in [0.1, 0.15) is 0 Å². The van der Waals surface area contributed by atoms with Gasteiger partial charge in [0.25, 0.3) is 0 Å². The Morgan fingerprint density at radius 3 is 2.82 bits per heavy atom. The first kappa shape index (κ1) is 13.7. The van der Waals surface area contributed by atoms with Crippen LogP contribution in [0.1, 0.15) is 22.8 Å². The highest BCUT2D eigenvalue weighted by Crippen LogP contribution is 2.09. The van der Waals surface area contributed by atoms with Crippen LogP contribution in [0.3, 0.4) is 0 Å². The van der Waals surface area contributed by atoms with Crippen LogP contribution < -0.4 is 5.32 Å². The molecule has 1 aromatic carbocycles. The third-order valence-electron chi connectivity index (χ3n) is 2.41. The van der Waals surface area contributed by atoms with E-state index < -0.39 is 5.97 Å². The molecule has 0 aliphatic carbocycles. The summed E-state index contributed by atoms with van der Waals surface area (Å²) in [7, 11) is 0. The van der Waals surface area contributed by atoms with Crippen LogP contribution in [0.25, 0.3) is 0 Å². The molecule has 0 heterocycles. The summed E-state index contributed by atoms with van der Waals surface area (Å²) >= 11 is 5.53. The van der Waals surface area contributed by atoms with Crippen molar-refractivity contribution in [1.29, 1.82) is 0 Å². The fourth-order valence-electron chi connectivity index (χ4n) is 1.49. The zero-order chi connectivity index (χ0) is 12.7. The van der Waals surface area contributed by atoms with Gasteiger partial charge >= 0.3 is 5.97 Å². The zero-order valence-electron chi connectivity index (χ0n) is 9.74. The third kappa shape index (κ3) is 4.59. The average Bonchev–Trinajstić information content (AvgIpc) is 2.34. The fourth-order valence-corrected chi connectivity index (χ4v) is 1.57. The van der Waals surface area contributed by atoms with Crippen molar-refractivity contribution in [2.24, 2.45) is 0 Å².